The van der Waals surface area contributed by atoms with E-state index < -0.39 is 0 Å². The zero-order chi connectivity index (χ0) is 32.6. The van der Waals surface area contributed by atoms with Crippen molar-refractivity contribution in [2.75, 3.05) is 0 Å². The molecule has 0 unspecified atom stereocenters. The third-order valence-corrected chi connectivity index (χ3v) is 9.02. The summed E-state index contributed by atoms with van der Waals surface area (Å²) in [5.41, 5.74) is 13.3. The highest BCUT2D eigenvalue weighted by molar-refractivity contribution is 6.06. The lowest BCUT2D eigenvalue weighted by Crippen LogP contribution is -1.96. The molecular formula is C45H29N3O. The van der Waals surface area contributed by atoms with Gasteiger partial charge in [-0.25, -0.2) is 9.97 Å². The van der Waals surface area contributed by atoms with Gasteiger partial charge in [-0.15, -0.1) is 0 Å². The Morgan fingerprint density at radius 1 is 0.347 bits per heavy atom. The van der Waals surface area contributed by atoms with E-state index in [9.17, 15) is 0 Å². The Morgan fingerprint density at radius 3 is 1.63 bits per heavy atom. The van der Waals surface area contributed by atoms with Crippen molar-refractivity contribution in [2.24, 2.45) is 0 Å². The van der Waals surface area contributed by atoms with Crippen LogP contribution in [0.15, 0.2) is 181 Å². The third kappa shape index (κ3) is 5.56. The van der Waals surface area contributed by atoms with Gasteiger partial charge in [-0.05, 0) is 64.2 Å². The smallest absolute Gasteiger partial charge is 0.160 e. The minimum atomic E-state index is 0.673. The second-order valence-electron chi connectivity index (χ2n) is 12.1. The Hall–Kier alpha value is -6.65. The summed E-state index contributed by atoms with van der Waals surface area (Å²) in [5.74, 6) is 0.673. The van der Waals surface area contributed by atoms with Crippen LogP contribution in [0.2, 0.25) is 0 Å². The zero-order valence-corrected chi connectivity index (χ0v) is 26.5. The molecule has 0 saturated carbocycles. The van der Waals surface area contributed by atoms with Gasteiger partial charge in [0.2, 0.25) is 0 Å². The summed E-state index contributed by atoms with van der Waals surface area (Å²) >= 11 is 0. The highest BCUT2D eigenvalue weighted by Crippen LogP contribution is 2.34. The van der Waals surface area contributed by atoms with E-state index in [2.05, 4.69) is 145 Å². The molecule has 230 valence electrons. The lowest BCUT2D eigenvalue weighted by molar-refractivity contribution is 0.669. The molecule has 0 amide bonds. The Morgan fingerprint density at radius 2 is 0.898 bits per heavy atom. The van der Waals surface area contributed by atoms with Gasteiger partial charge in [0, 0.05) is 45.4 Å². The Bertz CT molecular complexity index is 2570. The van der Waals surface area contributed by atoms with Gasteiger partial charge >= 0.3 is 0 Å². The molecule has 0 aliphatic heterocycles. The van der Waals surface area contributed by atoms with Crippen LogP contribution in [0.3, 0.4) is 0 Å². The number of benzene rings is 6. The minimum absolute atomic E-state index is 0.673. The molecule has 4 heteroatoms. The summed E-state index contributed by atoms with van der Waals surface area (Å²) in [7, 11) is 0. The Labute approximate surface area is 284 Å². The molecule has 9 rings (SSSR count). The second-order valence-corrected chi connectivity index (χ2v) is 12.1. The minimum Gasteiger partial charge on any atom is -0.456 e. The van der Waals surface area contributed by atoms with Crippen LogP contribution >= 0.6 is 0 Å². The molecule has 0 N–H and O–H groups in total. The van der Waals surface area contributed by atoms with Crippen LogP contribution in [0.4, 0.5) is 0 Å². The van der Waals surface area contributed by atoms with Crippen LogP contribution in [0.5, 0.6) is 0 Å². The lowest BCUT2D eigenvalue weighted by atomic mass is 9.99. The molecule has 0 aliphatic rings. The van der Waals surface area contributed by atoms with Crippen molar-refractivity contribution in [2.45, 2.75) is 0 Å². The molecule has 0 saturated heterocycles. The topological polar surface area (TPSA) is 51.8 Å². The second kappa shape index (κ2) is 12.2. The fourth-order valence-corrected chi connectivity index (χ4v) is 6.45. The van der Waals surface area contributed by atoms with Crippen LogP contribution in [0.25, 0.3) is 89.2 Å². The summed E-state index contributed by atoms with van der Waals surface area (Å²) < 4.78 is 6.06. The first-order chi connectivity index (χ1) is 24.2. The number of aromatic nitrogens is 3. The number of pyridine rings is 1. The highest BCUT2D eigenvalue weighted by Gasteiger charge is 2.13. The number of furan rings is 1. The molecule has 0 spiro atoms. The maximum absolute atomic E-state index is 6.06. The molecule has 3 aromatic heterocycles. The maximum Gasteiger partial charge on any atom is 0.160 e. The quantitative estimate of drug-likeness (QED) is 0.184. The van der Waals surface area contributed by atoms with Crippen LogP contribution in [0.1, 0.15) is 0 Å². The van der Waals surface area contributed by atoms with Crippen molar-refractivity contribution in [3.63, 3.8) is 0 Å². The van der Waals surface area contributed by atoms with E-state index in [0.717, 1.165) is 72.3 Å². The maximum atomic E-state index is 6.06. The fourth-order valence-electron chi connectivity index (χ4n) is 6.45. The number of fused-ring (bicyclic) bond motifs is 3. The van der Waals surface area contributed by atoms with Gasteiger partial charge in [-0.2, -0.15) is 0 Å². The van der Waals surface area contributed by atoms with Gasteiger partial charge in [-0.1, -0.05) is 127 Å². The van der Waals surface area contributed by atoms with E-state index in [0.29, 0.717) is 5.82 Å². The summed E-state index contributed by atoms with van der Waals surface area (Å²) in [6.07, 6.45) is 3.67. The highest BCUT2D eigenvalue weighted by atomic mass is 16.3. The average Bonchev–Trinajstić information content (AvgIpc) is 3.57. The first-order valence-corrected chi connectivity index (χ1v) is 16.3. The van der Waals surface area contributed by atoms with E-state index >= 15 is 0 Å². The van der Waals surface area contributed by atoms with E-state index in [1.54, 1.807) is 6.20 Å². The monoisotopic (exact) mass is 627 g/mol. The molecule has 0 aliphatic carbocycles. The van der Waals surface area contributed by atoms with Crippen molar-refractivity contribution >= 4 is 21.9 Å². The molecule has 0 radical (unpaired) electrons. The van der Waals surface area contributed by atoms with Crippen LogP contribution < -0.4 is 0 Å². The van der Waals surface area contributed by atoms with Gasteiger partial charge in [0.15, 0.2) is 5.82 Å². The van der Waals surface area contributed by atoms with Crippen LogP contribution in [-0.4, -0.2) is 15.0 Å². The number of hydrogen-bond donors (Lipinski definition) is 0. The standard InChI is InChI=1S/C45H29N3O/c1-2-8-30(9-3-1)31-15-19-33(20-16-31)41-28-42(48-45(47-41)37-11-6-10-35(26-37)38-12-7-25-46-29-38)34-21-17-32(18-22-34)36-23-24-44-40(27-36)39-13-4-5-14-43(39)49-44/h1-29H. The van der Waals surface area contributed by atoms with E-state index in [4.69, 9.17) is 14.4 Å². The van der Waals surface area contributed by atoms with Crippen LogP contribution in [0, 0.1) is 0 Å². The first-order valence-electron chi connectivity index (χ1n) is 16.3. The molecule has 9 aromatic rings. The van der Waals surface area contributed by atoms with Crippen molar-refractivity contribution in [3.05, 3.63) is 176 Å². The molecule has 0 bridgehead atoms. The number of rotatable bonds is 6. The average molecular weight is 628 g/mol. The van der Waals surface area contributed by atoms with Crippen molar-refractivity contribution in [3.8, 4) is 67.3 Å². The van der Waals surface area contributed by atoms with Crippen molar-refractivity contribution < 1.29 is 4.42 Å². The molecule has 0 atom stereocenters. The van der Waals surface area contributed by atoms with Crippen molar-refractivity contribution in [1.82, 2.24) is 15.0 Å². The fraction of sp³-hybridized carbons (Fsp3) is 0. The normalized spacial score (nSPS) is 11.3. The summed E-state index contributed by atoms with van der Waals surface area (Å²) in [4.78, 5) is 14.6. The molecule has 0 fully saturated rings. The predicted molar refractivity (Wildman–Crippen MR) is 200 cm³/mol. The number of para-hydroxylation sites is 1. The molecule has 3 heterocycles. The summed E-state index contributed by atoms with van der Waals surface area (Å²) in [6, 6.07) is 56.7. The van der Waals surface area contributed by atoms with Crippen LogP contribution in [-0.2, 0) is 0 Å². The first kappa shape index (κ1) is 28.6. The largest absolute Gasteiger partial charge is 0.456 e. The predicted octanol–water partition coefficient (Wildman–Crippen LogP) is 11.8. The van der Waals surface area contributed by atoms with Gasteiger partial charge in [0.1, 0.15) is 11.2 Å². The van der Waals surface area contributed by atoms with Gasteiger partial charge in [-0.3, -0.25) is 4.98 Å². The van der Waals surface area contributed by atoms with E-state index in [1.807, 2.05) is 30.5 Å². The molecular weight excluding hydrogens is 599 g/mol. The third-order valence-electron chi connectivity index (χ3n) is 9.02. The Kier molecular flexibility index (Phi) is 7.10. The zero-order valence-electron chi connectivity index (χ0n) is 26.5. The van der Waals surface area contributed by atoms with Gasteiger partial charge in [0.25, 0.3) is 0 Å². The summed E-state index contributed by atoms with van der Waals surface area (Å²) in [5, 5.41) is 2.25. The summed E-state index contributed by atoms with van der Waals surface area (Å²) in [6.45, 7) is 0. The Balaban J connectivity index is 1.12. The van der Waals surface area contributed by atoms with Gasteiger partial charge < -0.3 is 4.42 Å². The van der Waals surface area contributed by atoms with Gasteiger partial charge in [0.05, 0.1) is 11.4 Å². The number of nitrogens with zero attached hydrogens (tertiary/aromatic N) is 3. The molecule has 6 aromatic carbocycles. The lowest BCUT2D eigenvalue weighted by Gasteiger charge is -2.11. The van der Waals surface area contributed by atoms with E-state index in [1.165, 1.54) is 11.1 Å². The SMILES string of the molecule is c1ccc(-c2ccc(-c3cc(-c4ccc(-c5ccc6oc7ccccc7c6c5)cc4)nc(-c4cccc(-c5cccnc5)c4)n3)cc2)cc1. The number of hydrogen-bond acceptors (Lipinski definition) is 4. The van der Waals surface area contributed by atoms with E-state index in [-0.39, 0.29) is 0 Å². The van der Waals surface area contributed by atoms with Crippen molar-refractivity contribution in [1.29, 1.82) is 0 Å². The molecule has 4 nitrogen and oxygen atoms in total. The molecule has 49 heavy (non-hydrogen) atoms.